The molecule has 1 amide bonds. The molecule has 7 nitrogen and oxygen atoms in total. The Kier molecular flexibility index (Phi) is 5.13. The Balaban J connectivity index is 1.68. The summed E-state index contributed by atoms with van der Waals surface area (Å²) in [7, 11) is -3.32. The van der Waals surface area contributed by atoms with Crippen LogP contribution in [0.5, 0.6) is 0 Å². The highest BCUT2D eigenvalue weighted by atomic mass is 32.2. The number of nitrogens with zero attached hydrogens (tertiary/aromatic N) is 2. The smallest absolute Gasteiger partial charge is 0.251 e. The molecule has 0 unspecified atom stereocenters. The topological polar surface area (TPSA) is 101 Å². The molecule has 8 heteroatoms. The Hall–Kier alpha value is -3.00. The van der Waals surface area contributed by atoms with Crippen molar-refractivity contribution >= 4 is 32.5 Å². The minimum atomic E-state index is -3.32. The van der Waals surface area contributed by atoms with Crippen LogP contribution < -0.4 is 10.6 Å². The van der Waals surface area contributed by atoms with Gasteiger partial charge in [-0.2, -0.15) is 0 Å². The van der Waals surface area contributed by atoms with Crippen LogP contribution in [-0.4, -0.2) is 43.6 Å². The van der Waals surface area contributed by atoms with Crippen molar-refractivity contribution in [3.8, 4) is 0 Å². The maximum Gasteiger partial charge on any atom is 0.251 e. The van der Waals surface area contributed by atoms with Crippen LogP contribution in [0.4, 0.5) is 5.82 Å². The molecule has 0 saturated heterocycles. The summed E-state index contributed by atoms with van der Waals surface area (Å²) in [6.45, 7) is 0.832. The number of carbonyl (C=O) groups is 1. The summed E-state index contributed by atoms with van der Waals surface area (Å²) >= 11 is 0. The molecule has 1 heterocycles. The lowest BCUT2D eigenvalue weighted by Gasteiger charge is -2.10. The number of hydrogen-bond acceptors (Lipinski definition) is 6. The highest BCUT2D eigenvalue weighted by molar-refractivity contribution is 7.90. The Morgan fingerprint density at radius 2 is 1.81 bits per heavy atom. The van der Waals surface area contributed by atoms with Gasteiger partial charge in [0.15, 0.2) is 9.84 Å². The van der Waals surface area contributed by atoms with Crippen LogP contribution in [0.2, 0.25) is 0 Å². The van der Waals surface area contributed by atoms with Crippen LogP contribution in [0, 0.1) is 0 Å². The summed E-state index contributed by atoms with van der Waals surface area (Å²) in [5.41, 5.74) is 1.24. The largest absolute Gasteiger partial charge is 0.368 e. The lowest BCUT2D eigenvalue weighted by Crippen LogP contribution is -2.28. The second-order valence-corrected chi connectivity index (χ2v) is 7.74. The molecular weight excluding hydrogens is 352 g/mol. The molecular formula is C18H18N4O3S. The van der Waals surface area contributed by atoms with Crippen LogP contribution in [0.15, 0.2) is 59.8 Å². The summed E-state index contributed by atoms with van der Waals surface area (Å²) in [5, 5.41) is 6.54. The summed E-state index contributed by atoms with van der Waals surface area (Å²) < 4.78 is 23.5. The van der Waals surface area contributed by atoms with E-state index in [1.165, 1.54) is 12.4 Å². The lowest BCUT2D eigenvalue weighted by molar-refractivity contribution is 0.0955. The standard InChI is InChI=1S/C18H18N4O3S/c1-26(24,25)14-7-8-16-15(11-14)17(22-12-21-16)19-9-10-20-18(23)13-5-3-2-4-6-13/h2-8,11-12H,9-10H2,1H3,(H,20,23)(H,19,21,22). The van der Waals surface area contributed by atoms with Crippen LogP contribution >= 0.6 is 0 Å². The second kappa shape index (κ2) is 7.49. The van der Waals surface area contributed by atoms with Crippen molar-refractivity contribution in [2.45, 2.75) is 4.90 Å². The quantitative estimate of drug-likeness (QED) is 0.643. The van der Waals surface area contributed by atoms with Gasteiger partial charge in [0.1, 0.15) is 12.1 Å². The van der Waals surface area contributed by atoms with Gasteiger partial charge in [0.05, 0.1) is 10.4 Å². The molecule has 0 aliphatic carbocycles. The fourth-order valence-corrected chi connectivity index (χ4v) is 3.10. The molecule has 134 valence electrons. The predicted octanol–water partition coefficient (Wildman–Crippen LogP) is 1.88. The number of rotatable bonds is 6. The zero-order chi connectivity index (χ0) is 18.6. The predicted molar refractivity (Wildman–Crippen MR) is 99.9 cm³/mol. The van der Waals surface area contributed by atoms with Gasteiger partial charge in [-0.3, -0.25) is 4.79 Å². The molecule has 0 radical (unpaired) electrons. The fraction of sp³-hybridized carbons (Fsp3) is 0.167. The van der Waals surface area contributed by atoms with Gasteiger partial charge in [0.25, 0.3) is 5.91 Å². The van der Waals surface area contributed by atoms with Crippen molar-refractivity contribution in [2.24, 2.45) is 0 Å². The van der Waals surface area contributed by atoms with E-state index in [1.54, 1.807) is 36.4 Å². The normalized spacial score (nSPS) is 11.3. The molecule has 0 fully saturated rings. The maximum absolute atomic E-state index is 12.0. The summed E-state index contributed by atoms with van der Waals surface area (Å²) in [6, 6.07) is 13.7. The molecule has 0 atom stereocenters. The van der Waals surface area contributed by atoms with Crippen LogP contribution in [-0.2, 0) is 9.84 Å². The third-order valence-electron chi connectivity index (χ3n) is 3.77. The van der Waals surface area contributed by atoms with Gasteiger partial charge in [0, 0.05) is 30.3 Å². The molecule has 0 saturated carbocycles. The van der Waals surface area contributed by atoms with Crippen molar-refractivity contribution < 1.29 is 13.2 Å². The van der Waals surface area contributed by atoms with Crippen molar-refractivity contribution in [1.29, 1.82) is 0 Å². The monoisotopic (exact) mass is 370 g/mol. The third kappa shape index (κ3) is 4.15. The number of nitrogens with one attached hydrogen (secondary N) is 2. The minimum absolute atomic E-state index is 0.153. The summed E-state index contributed by atoms with van der Waals surface area (Å²) in [6.07, 6.45) is 2.57. The Labute approximate surface area is 151 Å². The highest BCUT2D eigenvalue weighted by Gasteiger charge is 2.11. The van der Waals surface area contributed by atoms with Gasteiger partial charge in [0.2, 0.25) is 0 Å². The van der Waals surface area contributed by atoms with E-state index in [9.17, 15) is 13.2 Å². The van der Waals surface area contributed by atoms with Crippen molar-refractivity contribution in [2.75, 3.05) is 24.7 Å². The minimum Gasteiger partial charge on any atom is -0.368 e. The lowest BCUT2D eigenvalue weighted by atomic mass is 10.2. The van der Waals surface area contributed by atoms with E-state index >= 15 is 0 Å². The summed E-state index contributed by atoms with van der Waals surface area (Å²) in [5.74, 6) is 0.369. The van der Waals surface area contributed by atoms with E-state index in [1.807, 2.05) is 6.07 Å². The molecule has 2 aromatic carbocycles. The van der Waals surface area contributed by atoms with Crippen molar-refractivity contribution in [3.05, 3.63) is 60.4 Å². The third-order valence-corrected chi connectivity index (χ3v) is 4.88. The van der Waals surface area contributed by atoms with Crippen molar-refractivity contribution in [1.82, 2.24) is 15.3 Å². The van der Waals surface area contributed by atoms with E-state index in [0.717, 1.165) is 6.26 Å². The van der Waals surface area contributed by atoms with Gasteiger partial charge in [-0.05, 0) is 30.3 Å². The zero-order valence-electron chi connectivity index (χ0n) is 14.1. The maximum atomic E-state index is 12.0. The molecule has 1 aromatic heterocycles. The highest BCUT2D eigenvalue weighted by Crippen LogP contribution is 2.22. The van der Waals surface area contributed by atoms with Crippen LogP contribution in [0.3, 0.4) is 0 Å². The Morgan fingerprint density at radius 1 is 1.04 bits per heavy atom. The first-order chi connectivity index (χ1) is 12.4. The average molecular weight is 370 g/mol. The summed E-state index contributed by atoms with van der Waals surface area (Å²) in [4.78, 5) is 20.5. The SMILES string of the molecule is CS(=O)(=O)c1ccc2ncnc(NCCNC(=O)c3ccccc3)c2c1. The molecule has 3 aromatic rings. The average Bonchev–Trinajstić information content (AvgIpc) is 2.64. The van der Waals surface area contributed by atoms with E-state index in [2.05, 4.69) is 20.6 Å². The Bertz CT molecular complexity index is 1040. The van der Waals surface area contributed by atoms with Gasteiger partial charge in [-0.1, -0.05) is 18.2 Å². The van der Waals surface area contributed by atoms with Crippen LogP contribution in [0.25, 0.3) is 10.9 Å². The molecule has 0 aliphatic heterocycles. The van der Waals surface area contributed by atoms with Gasteiger partial charge < -0.3 is 10.6 Å². The first-order valence-corrected chi connectivity index (χ1v) is 9.86. The molecule has 26 heavy (non-hydrogen) atoms. The molecule has 3 rings (SSSR count). The van der Waals surface area contributed by atoms with E-state index in [0.29, 0.717) is 35.4 Å². The number of carbonyl (C=O) groups excluding carboxylic acids is 1. The molecule has 0 aliphatic rings. The van der Waals surface area contributed by atoms with Gasteiger partial charge in [-0.25, -0.2) is 18.4 Å². The van der Waals surface area contributed by atoms with Crippen molar-refractivity contribution in [3.63, 3.8) is 0 Å². The Morgan fingerprint density at radius 3 is 2.54 bits per heavy atom. The molecule has 2 N–H and O–H groups in total. The molecule has 0 bridgehead atoms. The first-order valence-electron chi connectivity index (χ1n) is 7.97. The number of aromatic nitrogens is 2. The zero-order valence-corrected chi connectivity index (χ0v) is 15.0. The fourth-order valence-electron chi connectivity index (χ4n) is 2.46. The van der Waals surface area contributed by atoms with Gasteiger partial charge in [-0.15, -0.1) is 0 Å². The van der Waals surface area contributed by atoms with Crippen LogP contribution in [0.1, 0.15) is 10.4 Å². The second-order valence-electron chi connectivity index (χ2n) is 5.72. The van der Waals surface area contributed by atoms with E-state index in [4.69, 9.17) is 0 Å². The molecule has 0 spiro atoms. The van der Waals surface area contributed by atoms with E-state index < -0.39 is 9.84 Å². The number of fused-ring (bicyclic) bond motifs is 1. The number of hydrogen-bond donors (Lipinski definition) is 2. The first kappa shape index (κ1) is 17.8. The van der Waals surface area contributed by atoms with Gasteiger partial charge >= 0.3 is 0 Å². The number of benzene rings is 2. The number of amides is 1. The number of sulfone groups is 1. The number of anilines is 1. The van der Waals surface area contributed by atoms with E-state index in [-0.39, 0.29) is 10.8 Å².